The minimum Gasteiger partial charge on any atom is -0.494 e. The van der Waals surface area contributed by atoms with Crippen molar-refractivity contribution in [2.75, 3.05) is 13.2 Å². The van der Waals surface area contributed by atoms with Gasteiger partial charge in [-0.25, -0.2) is 0 Å². The highest BCUT2D eigenvalue weighted by molar-refractivity contribution is 5.42. The summed E-state index contributed by atoms with van der Waals surface area (Å²) in [5.41, 5.74) is 8.37. The molecule has 3 nitrogen and oxygen atoms in total. The zero-order valence-corrected chi connectivity index (χ0v) is 9.58. The van der Waals surface area contributed by atoms with Crippen molar-refractivity contribution in [3.05, 3.63) is 28.8 Å². The topological polar surface area (TPSA) is 55.5 Å². The van der Waals surface area contributed by atoms with E-state index in [9.17, 15) is 5.11 Å². The Hall–Kier alpha value is -1.06. The molecule has 0 aliphatic carbocycles. The molecule has 84 valence electrons. The third-order valence-corrected chi connectivity index (χ3v) is 2.45. The van der Waals surface area contributed by atoms with Crippen molar-refractivity contribution in [3.63, 3.8) is 0 Å². The van der Waals surface area contributed by atoms with Gasteiger partial charge in [0.2, 0.25) is 0 Å². The molecule has 0 aromatic heterocycles. The Labute approximate surface area is 90.9 Å². The van der Waals surface area contributed by atoms with Gasteiger partial charge >= 0.3 is 0 Å². The second-order valence-electron chi connectivity index (χ2n) is 3.66. The lowest BCUT2D eigenvalue weighted by molar-refractivity contribution is 0.186. The van der Waals surface area contributed by atoms with Crippen LogP contribution in [0, 0.1) is 13.8 Å². The fourth-order valence-corrected chi connectivity index (χ4v) is 1.61. The zero-order chi connectivity index (χ0) is 11.4. The minimum absolute atomic E-state index is 0.244. The van der Waals surface area contributed by atoms with E-state index in [0.717, 1.165) is 22.4 Å². The monoisotopic (exact) mass is 209 g/mol. The average Bonchev–Trinajstić information content (AvgIpc) is 2.22. The smallest absolute Gasteiger partial charge is 0.122 e. The number of hydrogen-bond donors (Lipinski definition) is 2. The van der Waals surface area contributed by atoms with Crippen molar-refractivity contribution in [1.82, 2.24) is 0 Å². The van der Waals surface area contributed by atoms with E-state index in [4.69, 9.17) is 10.5 Å². The molecule has 0 saturated carbocycles. The third kappa shape index (κ3) is 2.70. The van der Waals surface area contributed by atoms with Gasteiger partial charge in [0.15, 0.2) is 0 Å². The summed E-state index contributed by atoms with van der Waals surface area (Å²) in [5.74, 6) is 0.878. The number of rotatable bonds is 4. The summed E-state index contributed by atoms with van der Waals surface area (Å²) in [7, 11) is 0. The summed E-state index contributed by atoms with van der Waals surface area (Å²) < 4.78 is 5.47. The molecule has 0 radical (unpaired) electrons. The summed E-state index contributed by atoms with van der Waals surface area (Å²) in [6.45, 7) is 6.78. The van der Waals surface area contributed by atoms with Crippen LogP contribution in [0.4, 0.5) is 0 Å². The standard InChI is InChI=1S/C12H19NO2/c1-4-15-12-6-8(2)10(5-9(12)3)11(14)7-13/h5-6,11,14H,4,7,13H2,1-3H3. The first-order valence-corrected chi connectivity index (χ1v) is 5.22. The van der Waals surface area contributed by atoms with Gasteiger partial charge in [0.25, 0.3) is 0 Å². The molecular weight excluding hydrogens is 190 g/mol. The van der Waals surface area contributed by atoms with Crippen LogP contribution in [0.5, 0.6) is 5.75 Å². The summed E-state index contributed by atoms with van der Waals surface area (Å²) in [6.07, 6.45) is -0.584. The van der Waals surface area contributed by atoms with Crippen LogP contribution in [-0.4, -0.2) is 18.3 Å². The van der Waals surface area contributed by atoms with Crippen molar-refractivity contribution in [2.24, 2.45) is 5.73 Å². The van der Waals surface area contributed by atoms with Crippen LogP contribution >= 0.6 is 0 Å². The molecule has 3 heteroatoms. The van der Waals surface area contributed by atoms with E-state index in [2.05, 4.69) is 0 Å². The molecule has 1 unspecified atom stereocenters. The van der Waals surface area contributed by atoms with Crippen molar-refractivity contribution in [1.29, 1.82) is 0 Å². The van der Waals surface area contributed by atoms with Crippen LogP contribution in [0.15, 0.2) is 12.1 Å². The van der Waals surface area contributed by atoms with E-state index >= 15 is 0 Å². The van der Waals surface area contributed by atoms with Crippen LogP contribution < -0.4 is 10.5 Å². The molecule has 0 heterocycles. The molecule has 1 atom stereocenters. The summed E-state index contributed by atoms with van der Waals surface area (Å²) >= 11 is 0. The molecule has 0 aliphatic rings. The third-order valence-electron chi connectivity index (χ3n) is 2.45. The van der Waals surface area contributed by atoms with Crippen molar-refractivity contribution >= 4 is 0 Å². The fourth-order valence-electron chi connectivity index (χ4n) is 1.61. The van der Waals surface area contributed by atoms with Crippen LogP contribution in [0.1, 0.15) is 29.7 Å². The molecule has 15 heavy (non-hydrogen) atoms. The summed E-state index contributed by atoms with van der Waals surface area (Å²) in [5, 5.41) is 9.69. The Morgan fingerprint density at radius 1 is 1.33 bits per heavy atom. The molecule has 0 bridgehead atoms. The van der Waals surface area contributed by atoms with Crippen LogP contribution in [-0.2, 0) is 0 Å². The van der Waals surface area contributed by atoms with Gasteiger partial charge < -0.3 is 15.6 Å². The lowest BCUT2D eigenvalue weighted by Gasteiger charge is -2.15. The van der Waals surface area contributed by atoms with Crippen LogP contribution in [0.2, 0.25) is 0 Å². The van der Waals surface area contributed by atoms with Crippen molar-refractivity contribution in [2.45, 2.75) is 26.9 Å². The highest BCUT2D eigenvalue weighted by Crippen LogP contribution is 2.26. The van der Waals surface area contributed by atoms with Gasteiger partial charge in [-0.1, -0.05) is 0 Å². The number of ether oxygens (including phenoxy) is 1. The minimum atomic E-state index is -0.584. The first-order chi connectivity index (χ1) is 7.10. The highest BCUT2D eigenvalue weighted by atomic mass is 16.5. The van der Waals surface area contributed by atoms with E-state index in [1.807, 2.05) is 32.9 Å². The van der Waals surface area contributed by atoms with E-state index in [1.165, 1.54) is 0 Å². The Balaban J connectivity index is 3.07. The molecule has 1 rings (SSSR count). The summed E-state index contributed by atoms with van der Waals surface area (Å²) in [6, 6.07) is 3.89. The lowest BCUT2D eigenvalue weighted by Crippen LogP contribution is -2.13. The lowest BCUT2D eigenvalue weighted by atomic mass is 10.00. The Morgan fingerprint density at radius 3 is 2.53 bits per heavy atom. The quantitative estimate of drug-likeness (QED) is 0.793. The molecular formula is C12H19NO2. The first kappa shape index (κ1) is 12.0. The number of aliphatic hydroxyl groups is 1. The number of nitrogens with two attached hydrogens (primary N) is 1. The second-order valence-corrected chi connectivity index (χ2v) is 3.66. The van der Waals surface area contributed by atoms with Crippen LogP contribution in [0.25, 0.3) is 0 Å². The van der Waals surface area contributed by atoms with Gasteiger partial charge in [0, 0.05) is 6.54 Å². The highest BCUT2D eigenvalue weighted by Gasteiger charge is 2.11. The van der Waals surface area contributed by atoms with Crippen LogP contribution in [0.3, 0.4) is 0 Å². The van der Waals surface area contributed by atoms with Gasteiger partial charge in [-0.2, -0.15) is 0 Å². The van der Waals surface area contributed by atoms with Crippen molar-refractivity contribution < 1.29 is 9.84 Å². The van der Waals surface area contributed by atoms with Gasteiger partial charge in [0.05, 0.1) is 12.7 Å². The molecule has 0 spiro atoms. The summed E-state index contributed by atoms with van der Waals surface area (Å²) in [4.78, 5) is 0. The maximum Gasteiger partial charge on any atom is 0.122 e. The second kappa shape index (κ2) is 5.14. The predicted octanol–water partition coefficient (Wildman–Crippen LogP) is 1.69. The maximum absolute atomic E-state index is 9.69. The van der Waals surface area contributed by atoms with E-state index < -0.39 is 6.10 Å². The molecule has 0 amide bonds. The molecule has 0 fully saturated rings. The molecule has 1 aromatic rings. The first-order valence-electron chi connectivity index (χ1n) is 5.22. The normalized spacial score (nSPS) is 12.6. The maximum atomic E-state index is 9.69. The molecule has 1 aromatic carbocycles. The van der Waals surface area contributed by atoms with Crippen molar-refractivity contribution in [3.8, 4) is 5.75 Å². The average molecular weight is 209 g/mol. The van der Waals surface area contributed by atoms with E-state index in [-0.39, 0.29) is 6.54 Å². The number of benzene rings is 1. The largest absolute Gasteiger partial charge is 0.494 e. The fraction of sp³-hybridized carbons (Fsp3) is 0.500. The van der Waals surface area contributed by atoms with Gasteiger partial charge in [0.1, 0.15) is 5.75 Å². The van der Waals surface area contributed by atoms with Gasteiger partial charge in [-0.3, -0.25) is 0 Å². The van der Waals surface area contributed by atoms with Gasteiger partial charge in [-0.15, -0.1) is 0 Å². The molecule has 3 N–H and O–H groups in total. The Kier molecular flexibility index (Phi) is 4.12. The number of aliphatic hydroxyl groups excluding tert-OH is 1. The number of hydrogen-bond acceptors (Lipinski definition) is 3. The van der Waals surface area contributed by atoms with E-state index in [0.29, 0.717) is 6.61 Å². The molecule has 0 saturated heterocycles. The SMILES string of the molecule is CCOc1cc(C)c(C(O)CN)cc1C. The van der Waals surface area contributed by atoms with Gasteiger partial charge in [-0.05, 0) is 49.6 Å². The predicted molar refractivity (Wildman–Crippen MR) is 61.1 cm³/mol. The number of aryl methyl sites for hydroxylation is 2. The Bertz CT molecular complexity index is 337. The zero-order valence-electron chi connectivity index (χ0n) is 9.58. The van der Waals surface area contributed by atoms with E-state index in [1.54, 1.807) is 0 Å². The molecule has 0 aliphatic heterocycles. The Morgan fingerprint density at radius 2 is 2.00 bits per heavy atom.